The Morgan fingerprint density at radius 1 is 1.16 bits per heavy atom. The van der Waals surface area contributed by atoms with E-state index in [-0.39, 0.29) is 17.0 Å². The van der Waals surface area contributed by atoms with Crippen LogP contribution in [-0.4, -0.2) is 32.3 Å². The average Bonchev–Trinajstić information content (AvgIpc) is 2.95. The molecule has 0 spiro atoms. The Hall–Kier alpha value is -2.24. The normalized spacial score (nSPS) is 18.0. The second-order valence-electron chi connectivity index (χ2n) is 7.93. The van der Waals surface area contributed by atoms with Crippen molar-refractivity contribution >= 4 is 5.95 Å². The molecule has 1 saturated heterocycles. The van der Waals surface area contributed by atoms with Gasteiger partial charge in [-0.25, -0.2) is 14.6 Å². The van der Waals surface area contributed by atoms with Crippen molar-refractivity contribution in [1.82, 2.24) is 19.7 Å². The molecule has 2 aromatic rings. The molecule has 1 atom stereocenters. The molecule has 0 amide bonds. The van der Waals surface area contributed by atoms with Gasteiger partial charge >= 0.3 is 0 Å². The maximum Gasteiger partial charge on any atom is 0.266 e. The number of aryl methyl sites for hydroxylation is 2. The quantitative estimate of drug-likeness (QED) is 0.859. The first-order chi connectivity index (χ1) is 11.7. The number of nitrogens with zero attached hydrogens (tertiary/aromatic N) is 5. The molecule has 6 nitrogen and oxygen atoms in total. The van der Waals surface area contributed by atoms with Crippen molar-refractivity contribution in [2.24, 2.45) is 0 Å². The summed E-state index contributed by atoms with van der Waals surface area (Å²) in [5.74, 6) is 0.764. The first-order valence-electron chi connectivity index (χ1n) is 8.91. The number of hydrogen-bond acceptors (Lipinski definition) is 5. The lowest BCUT2D eigenvalue weighted by Crippen LogP contribution is -2.38. The lowest BCUT2D eigenvalue weighted by Gasteiger charge is -2.26. The monoisotopic (exact) mass is 341 g/mol. The maximum absolute atomic E-state index is 12.3. The van der Waals surface area contributed by atoms with Gasteiger partial charge in [0.1, 0.15) is 0 Å². The lowest BCUT2D eigenvalue weighted by molar-refractivity contribution is 0.455. The fraction of sp³-hybridized carbons (Fsp3) is 0.579. The van der Waals surface area contributed by atoms with Crippen LogP contribution in [0.2, 0.25) is 0 Å². The van der Waals surface area contributed by atoms with E-state index in [0.29, 0.717) is 6.54 Å². The second kappa shape index (κ2) is 6.58. The summed E-state index contributed by atoms with van der Waals surface area (Å²) >= 11 is 0. The number of aromatic nitrogens is 4. The van der Waals surface area contributed by atoms with E-state index < -0.39 is 0 Å². The summed E-state index contributed by atoms with van der Waals surface area (Å²) < 4.78 is 1.60. The van der Waals surface area contributed by atoms with E-state index in [1.54, 1.807) is 10.7 Å². The first-order valence-corrected chi connectivity index (χ1v) is 8.91. The van der Waals surface area contributed by atoms with Crippen LogP contribution in [0.1, 0.15) is 50.7 Å². The van der Waals surface area contributed by atoms with Crippen LogP contribution in [0.4, 0.5) is 5.95 Å². The Balaban J connectivity index is 1.88. The van der Waals surface area contributed by atoms with Gasteiger partial charge in [0.05, 0.1) is 18.3 Å². The van der Waals surface area contributed by atoms with E-state index in [4.69, 9.17) is 0 Å². The molecule has 1 aliphatic rings. The molecule has 1 aliphatic heterocycles. The zero-order chi connectivity index (χ0) is 18.2. The van der Waals surface area contributed by atoms with Gasteiger partial charge in [-0.1, -0.05) is 20.8 Å². The largest absolute Gasteiger partial charge is 0.336 e. The van der Waals surface area contributed by atoms with Crippen LogP contribution in [0.5, 0.6) is 0 Å². The van der Waals surface area contributed by atoms with E-state index in [2.05, 4.69) is 40.7 Å². The Morgan fingerprint density at radius 3 is 2.48 bits per heavy atom. The number of hydrogen-bond donors (Lipinski definition) is 0. The van der Waals surface area contributed by atoms with Gasteiger partial charge in [0.2, 0.25) is 5.95 Å². The van der Waals surface area contributed by atoms with Crippen LogP contribution < -0.4 is 10.5 Å². The summed E-state index contributed by atoms with van der Waals surface area (Å²) in [7, 11) is 0. The van der Waals surface area contributed by atoms with Crippen molar-refractivity contribution in [3.63, 3.8) is 0 Å². The molecule has 3 rings (SSSR count). The standard InChI is InChI=1S/C19H27N5O/c1-13-11-14(2)21-18(20-13)23-10-6-7-15(23)12-24-17(25)9-8-16(22-24)19(3,4)5/h8-9,11,15H,6-7,10,12H2,1-5H3. The highest BCUT2D eigenvalue weighted by atomic mass is 16.1. The minimum atomic E-state index is -0.0818. The average molecular weight is 341 g/mol. The summed E-state index contributed by atoms with van der Waals surface area (Å²) in [6.45, 7) is 11.8. The second-order valence-corrected chi connectivity index (χ2v) is 7.93. The smallest absolute Gasteiger partial charge is 0.266 e. The zero-order valence-electron chi connectivity index (χ0n) is 15.8. The van der Waals surface area contributed by atoms with E-state index in [1.165, 1.54) is 0 Å². The molecular formula is C19H27N5O. The third kappa shape index (κ3) is 3.89. The molecule has 25 heavy (non-hydrogen) atoms. The van der Waals surface area contributed by atoms with Crippen molar-refractivity contribution in [3.8, 4) is 0 Å². The first kappa shape index (κ1) is 17.6. The van der Waals surface area contributed by atoms with Gasteiger partial charge in [0.15, 0.2) is 0 Å². The van der Waals surface area contributed by atoms with Crippen molar-refractivity contribution in [2.75, 3.05) is 11.4 Å². The lowest BCUT2D eigenvalue weighted by atomic mass is 9.92. The Bertz CT molecular complexity index is 801. The van der Waals surface area contributed by atoms with Crippen LogP contribution in [0.25, 0.3) is 0 Å². The van der Waals surface area contributed by atoms with Crippen LogP contribution in [0.3, 0.4) is 0 Å². The van der Waals surface area contributed by atoms with Crippen LogP contribution >= 0.6 is 0 Å². The number of rotatable bonds is 3. The van der Waals surface area contributed by atoms with Crippen molar-refractivity contribution in [3.05, 3.63) is 45.6 Å². The fourth-order valence-electron chi connectivity index (χ4n) is 3.30. The Labute approximate surface area is 148 Å². The summed E-state index contributed by atoms with van der Waals surface area (Å²) in [5.41, 5.74) is 2.73. The molecule has 6 heteroatoms. The minimum Gasteiger partial charge on any atom is -0.336 e. The van der Waals surface area contributed by atoms with Gasteiger partial charge in [-0.2, -0.15) is 5.10 Å². The predicted octanol–water partition coefficient (Wildman–Crippen LogP) is 2.62. The van der Waals surface area contributed by atoms with Gasteiger partial charge in [-0.05, 0) is 38.8 Å². The highest BCUT2D eigenvalue weighted by Gasteiger charge is 2.28. The van der Waals surface area contributed by atoms with Gasteiger partial charge < -0.3 is 4.90 Å². The zero-order valence-corrected chi connectivity index (χ0v) is 15.8. The van der Waals surface area contributed by atoms with E-state index in [0.717, 1.165) is 42.4 Å². The Morgan fingerprint density at radius 2 is 1.84 bits per heavy atom. The minimum absolute atomic E-state index is 0.0545. The third-order valence-electron chi connectivity index (χ3n) is 4.62. The van der Waals surface area contributed by atoms with Gasteiger partial charge in [0.25, 0.3) is 5.56 Å². The van der Waals surface area contributed by atoms with Crippen molar-refractivity contribution in [1.29, 1.82) is 0 Å². The highest BCUT2D eigenvalue weighted by Crippen LogP contribution is 2.24. The van der Waals surface area contributed by atoms with Gasteiger partial charge in [-0.3, -0.25) is 4.79 Å². The summed E-state index contributed by atoms with van der Waals surface area (Å²) in [5, 5.41) is 4.61. The molecule has 0 bridgehead atoms. The molecule has 1 fully saturated rings. The third-order valence-corrected chi connectivity index (χ3v) is 4.62. The van der Waals surface area contributed by atoms with E-state index >= 15 is 0 Å². The molecule has 0 radical (unpaired) electrons. The molecule has 2 aromatic heterocycles. The molecule has 0 aromatic carbocycles. The molecule has 0 N–H and O–H groups in total. The van der Waals surface area contributed by atoms with E-state index in [1.807, 2.05) is 26.0 Å². The van der Waals surface area contributed by atoms with E-state index in [9.17, 15) is 4.79 Å². The SMILES string of the molecule is Cc1cc(C)nc(N2CCCC2Cn2nc(C(C)(C)C)ccc2=O)n1. The summed E-state index contributed by atoms with van der Waals surface area (Å²) in [4.78, 5) is 23.7. The van der Waals surface area contributed by atoms with Crippen LogP contribution in [0, 0.1) is 13.8 Å². The highest BCUT2D eigenvalue weighted by molar-refractivity contribution is 5.35. The fourth-order valence-corrected chi connectivity index (χ4v) is 3.30. The molecule has 3 heterocycles. The Kier molecular flexibility index (Phi) is 4.62. The summed E-state index contributed by atoms with van der Waals surface area (Å²) in [6.07, 6.45) is 2.10. The van der Waals surface area contributed by atoms with Crippen molar-refractivity contribution in [2.45, 2.75) is 65.5 Å². The topological polar surface area (TPSA) is 63.9 Å². The molecular weight excluding hydrogens is 314 g/mol. The van der Waals surface area contributed by atoms with Gasteiger partial charge in [0, 0.05) is 29.4 Å². The maximum atomic E-state index is 12.3. The van der Waals surface area contributed by atoms with Crippen LogP contribution in [0.15, 0.2) is 23.0 Å². The summed E-state index contributed by atoms with van der Waals surface area (Å²) in [6, 6.07) is 5.63. The van der Waals surface area contributed by atoms with Crippen LogP contribution in [-0.2, 0) is 12.0 Å². The van der Waals surface area contributed by atoms with Crippen molar-refractivity contribution < 1.29 is 0 Å². The molecule has 134 valence electrons. The number of anilines is 1. The predicted molar refractivity (Wildman–Crippen MR) is 99.1 cm³/mol. The molecule has 0 aliphatic carbocycles. The molecule has 1 unspecified atom stereocenters. The van der Waals surface area contributed by atoms with Gasteiger partial charge in [-0.15, -0.1) is 0 Å². The molecule has 0 saturated carbocycles.